The molecule has 28 heavy (non-hydrogen) atoms. The van der Waals surface area contributed by atoms with Gasteiger partial charge in [0.25, 0.3) is 5.91 Å². The summed E-state index contributed by atoms with van der Waals surface area (Å²) in [7, 11) is 1.12. The van der Waals surface area contributed by atoms with Gasteiger partial charge in [0.05, 0.1) is 20.8 Å². The predicted molar refractivity (Wildman–Crippen MR) is 117 cm³/mol. The topological polar surface area (TPSA) is 60.9 Å². The average Bonchev–Trinajstić information content (AvgIpc) is 3.32. The Hall–Kier alpha value is -1.42. The number of benzene rings is 1. The third-order valence-corrected chi connectivity index (χ3v) is 8.21. The maximum Gasteiger partial charge on any atom is 0.256 e. The molecule has 1 aliphatic heterocycles. The molecule has 152 valence electrons. The van der Waals surface area contributed by atoms with Crippen molar-refractivity contribution in [3.63, 3.8) is 0 Å². The molecule has 2 heterocycles. The minimum Gasteiger partial charge on any atom is -0.371 e. The molecule has 1 aliphatic rings. The Morgan fingerprint density at radius 3 is 2.39 bits per heavy atom. The molecule has 1 saturated heterocycles. The number of nitrogens with zero attached hydrogens (tertiary/aromatic N) is 3. The fourth-order valence-electron chi connectivity index (χ4n) is 3.24. The molecule has 0 N–H and O–H groups in total. The summed E-state index contributed by atoms with van der Waals surface area (Å²) >= 11 is 5.02. The Morgan fingerprint density at radius 2 is 1.82 bits per heavy atom. The van der Waals surface area contributed by atoms with E-state index in [4.69, 9.17) is 0 Å². The Bertz CT molecular complexity index is 967. The number of anilines is 1. The molecule has 0 aliphatic carbocycles. The lowest BCUT2D eigenvalue weighted by molar-refractivity contribution is 0.0787. The van der Waals surface area contributed by atoms with Crippen molar-refractivity contribution in [2.75, 3.05) is 39.1 Å². The first-order valence-electron chi connectivity index (χ1n) is 9.01. The molecule has 0 atom stereocenters. The molecule has 0 radical (unpaired) electrons. The lowest BCUT2D eigenvalue weighted by Gasteiger charge is -2.25. The summed E-state index contributed by atoms with van der Waals surface area (Å²) in [6.45, 7) is 2.22. The van der Waals surface area contributed by atoms with Crippen LogP contribution in [0.4, 0.5) is 5.69 Å². The highest BCUT2D eigenvalue weighted by atomic mass is 79.9. The summed E-state index contributed by atoms with van der Waals surface area (Å²) in [6, 6.07) is 8.82. The minimum atomic E-state index is -3.61. The summed E-state index contributed by atoms with van der Waals surface area (Å²) in [5, 5.41) is 0. The van der Waals surface area contributed by atoms with Gasteiger partial charge < -0.3 is 9.80 Å². The van der Waals surface area contributed by atoms with E-state index in [1.807, 2.05) is 12.1 Å². The number of sulfonamides is 1. The fraction of sp³-hybridized carbons (Fsp3) is 0.421. The average molecular weight is 486 g/mol. The number of halogens is 1. The van der Waals surface area contributed by atoms with Crippen molar-refractivity contribution in [3.8, 4) is 0 Å². The van der Waals surface area contributed by atoms with Crippen LogP contribution in [0, 0.1) is 0 Å². The number of hydrogen-bond acceptors (Lipinski definition) is 5. The van der Waals surface area contributed by atoms with Gasteiger partial charge >= 0.3 is 0 Å². The number of thiophene rings is 1. The third-order valence-electron chi connectivity index (χ3n) is 4.79. The normalized spacial score (nSPS) is 14.7. The van der Waals surface area contributed by atoms with Crippen LogP contribution in [0.2, 0.25) is 0 Å². The summed E-state index contributed by atoms with van der Waals surface area (Å²) in [5.41, 5.74) is 1.24. The van der Waals surface area contributed by atoms with Crippen LogP contribution in [0.1, 0.15) is 28.1 Å². The molecule has 1 aromatic heterocycles. The molecule has 2 aromatic rings. The molecule has 3 rings (SSSR count). The molecular formula is C19H24BrN3O3S2. The van der Waals surface area contributed by atoms with E-state index in [0.29, 0.717) is 12.1 Å². The van der Waals surface area contributed by atoms with Crippen LogP contribution < -0.4 is 4.90 Å². The quantitative estimate of drug-likeness (QED) is 0.626. The Morgan fingerprint density at radius 1 is 1.14 bits per heavy atom. The molecule has 0 spiro atoms. The van der Waals surface area contributed by atoms with Crippen LogP contribution in [-0.2, 0) is 16.6 Å². The van der Waals surface area contributed by atoms with Gasteiger partial charge in [-0.05, 0) is 59.1 Å². The Balaban J connectivity index is 1.98. The number of rotatable bonds is 6. The Kier molecular flexibility index (Phi) is 6.48. The number of carbonyl (C=O) groups is 1. The van der Waals surface area contributed by atoms with E-state index in [2.05, 4.69) is 20.8 Å². The molecule has 1 aromatic carbocycles. The van der Waals surface area contributed by atoms with Gasteiger partial charge in [-0.3, -0.25) is 4.79 Å². The van der Waals surface area contributed by atoms with E-state index in [1.54, 1.807) is 35.4 Å². The zero-order valence-electron chi connectivity index (χ0n) is 16.2. The van der Waals surface area contributed by atoms with E-state index in [1.165, 1.54) is 24.5 Å². The molecule has 0 unspecified atom stereocenters. The second-order valence-corrected chi connectivity index (χ2v) is 11.7. The van der Waals surface area contributed by atoms with Crippen molar-refractivity contribution in [3.05, 3.63) is 44.6 Å². The standard InChI is InChI=1S/C19H24BrN3O3S2/c1-21(2)28(25,26)15-7-8-17(23-10-4-5-11-23)16(12-15)19(24)22(3)13-14-6-9-18(20)27-14/h6-9,12H,4-5,10-11,13H2,1-3H3. The van der Waals surface area contributed by atoms with Crippen LogP contribution in [0.5, 0.6) is 0 Å². The van der Waals surface area contributed by atoms with Crippen molar-refractivity contribution >= 4 is 48.9 Å². The van der Waals surface area contributed by atoms with Crippen LogP contribution in [0.15, 0.2) is 39.0 Å². The van der Waals surface area contributed by atoms with Gasteiger partial charge in [-0.1, -0.05) is 0 Å². The first-order valence-corrected chi connectivity index (χ1v) is 12.1. The maximum atomic E-state index is 13.3. The van der Waals surface area contributed by atoms with Crippen molar-refractivity contribution in [1.82, 2.24) is 9.21 Å². The van der Waals surface area contributed by atoms with Crippen molar-refractivity contribution in [1.29, 1.82) is 0 Å². The Labute approximate surface area is 178 Å². The van der Waals surface area contributed by atoms with E-state index in [9.17, 15) is 13.2 Å². The van der Waals surface area contributed by atoms with Gasteiger partial charge in [0.15, 0.2) is 0 Å². The SMILES string of the molecule is CN(Cc1ccc(Br)s1)C(=O)c1cc(S(=O)(=O)N(C)C)ccc1N1CCCC1. The molecule has 0 saturated carbocycles. The summed E-state index contributed by atoms with van der Waals surface area (Å²) in [6.07, 6.45) is 2.15. The van der Waals surface area contributed by atoms with E-state index in [0.717, 1.165) is 40.3 Å². The van der Waals surface area contributed by atoms with Gasteiger partial charge in [0.1, 0.15) is 0 Å². The fourth-order valence-corrected chi connectivity index (χ4v) is 5.70. The smallest absolute Gasteiger partial charge is 0.256 e. The van der Waals surface area contributed by atoms with E-state index >= 15 is 0 Å². The van der Waals surface area contributed by atoms with Gasteiger partial charge in [0.2, 0.25) is 10.0 Å². The molecular weight excluding hydrogens is 462 g/mol. The minimum absolute atomic E-state index is 0.135. The zero-order valence-corrected chi connectivity index (χ0v) is 19.4. The summed E-state index contributed by atoms with van der Waals surface area (Å²) in [5.74, 6) is -0.178. The van der Waals surface area contributed by atoms with Crippen molar-refractivity contribution in [2.24, 2.45) is 0 Å². The lowest BCUT2D eigenvalue weighted by Crippen LogP contribution is -2.30. The van der Waals surface area contributed by atoms with Gasteiger partial charge in [0, 0.05) is 44.8 Å². The first kappa shape index (κ1) is 21.3. The van der Waals surface area contributed by atoms with Gasteiger partial charge in [-0.25, -0.2) is 12.7 Å². The highest BCUT2D eigenvalue weighted by molar-refractivity contribution is 9.11. The number of amides is 1. The first-order chi connectivity index (χ1) is 13.2. The highest BCUT2D eigenvalue weighted by Gasteiger charge is 2.26. The van der Waals surface area contributed by atoms with E-state index in [-0.39, 0.29) is 10.8 Å². The second kappa shape index (κ2) is 8.52. The van der Waals surface area contributed by atoms with E-state index < -0.39 is 10.0 Å². The van der Waals surface area contributed by atoms with Crippen LogP contribution in [-0.4, -0.2) is 57.8 Å². The maximum absolute atomic E-state index is 13.3. The molecule has 6 nitrogen and oxygen atoms in total. The monoisotopic (exact) mass is 485 g/mol. The van der Waals surface area contributed by atoms with Crippen LogP contribution >= 0.6 is 27.3 Å². The van der Waals surface area contributed by atoms with Gasteiger partial charge in [-0.2, -0.15) is 0 Å². The predicted octanol–water partition coefficient (Wildman–Crippen LogP) is 3.63. The number of carbonyl (C=O) groups excluding carboxylic acids is 1. The second-order valence-electron chi connectivity index (χ2n) is 7.03. The van der Waals surface area contributed by atoms with Crippen LogP contribution in [0.25, 0.3) is 0 Å². The molecule has 1 fully saturated rings. The van der Waals surface area contributed by atoms with Gasteiger partial charge in [-0.15, -0.1) is 11.3 Å². The third kappa shape index (κ3) is 4.42. The van der Waals surface area contributed by atoms with Crippen LogP contribution in [0.3, 0.4) is 0 Å². The van der Waals surface area contributed by atoms with Crippen molar-refractivity contribution < 1.29 is 13.2 Å². The molecule has 1 amide bonds. The highest BCUT2D eigenvalue weighted by Crippen LogP contribution is 2.30. The lowest BCUT2D eigenvalue weighted by atomic mass is 10.1. The molecule has 0 bridgehead atoms. The summed E-state index contributed by atoms with van der Waals surface area (Å²) in [4.78, 5) is 18.3. The van der Waals surface area contributed by atoms with Crippen molar-refractivity contribution in [2.45, 2.75) is 24.3 Å². The largest absolute Gasteiger partial charge is 0.371 e. The zero-order chi connectivity index (χ0) is 20.5. The number of hydrogen-bond donors (Lipinski definition) is 0. The molecule has 9 heteroatoms. The summed E-state index contributed by atoms with van der Waals surface area (Å²) < 4.78 is 27.4.